The maximum Gasteiger partial charge on any atom is 0.0649 e. The Hall–Kier alpha value is -0.705. The molecular formula is C6H13BF3O. The highest BCUT2D eigenvalue weighted by atomic mass is 19.0. The standard InChI is InChI=1S/C6H10O.B.3FH/c1-3-5-7-6-4-2;;;;/h3-4H,1-2,5-6H2;;3*1H. The van der Waals surface area contributed by atoms with Crippen LogP contribution in [0.4, 0.5) is 14.1 Å². The molecule has 0 aromatic carbocycles. The molecule has 1 nitrogen and oxygen atoms in total. The van der Waals surface area contributed by atoms with Gasteiger partial charge in [-0.2, -0.15) is 0 Å². The first-order valence-electron chi connectivity index (χ1n) is 2.21. The third kappa shape index (κ3) is 45.6. The van der Waals surface area contributed by atoms with Crippen LogP contribution in [0.2, 0.25) is 0 Å². The van der Waals surface area contributed by atoms with Crippen LogP contribution in [0.15, 0.2) is 25.3 Å². The Morgan fingerprint density at radius 3 is 1.36 bits per heavy atom. The van der Waals surface area contributed by atoms with Crippen LogP contribution in [0.25, 0.3) is 0 Å². The van der Waals surface area contributed by atoms with E-state index in [1.807, 2.05) is 0 Å². The van der Waals surface area contributed by atoms with Crippen molar-refractivity contribution in [3.63, 3.8) is 0 Å². The smallest absolute Gasteiger partial charge is 0.0649 e. The fourth-order valence-corrected chi connectivity index (χ4v) is 0.235. The van der Waals surface area contributed by atoms with Gasteiger partial charge >= 0.3 is 0 Å². The predicted molar refractivity (Wildman–Crippen MR) is 44.5 cm³/mol. The van der Waals surface area contributed by atoms with Gasteiger partial charge in [0.05, 0.1) is 13.2 Å². The molecule has 0 aliphatic carbocycles. The summed E-state index contributed by atoms with van der Waals surface area (Å²) in [6.45, 7) is 8.18. The van der Waals surface area contributed by atoms with Gasteiger partial charge in [-0.1, -0.05) is 12.2 Å². The number of hydrogen-bond donors (Lipinski definition) is 0. The summed E-state index contributed by atoms with van der Waals surface area (Å²) >= 11 is 0. The summed E-state index contributed by atoms with van der Waals surface area (Å²) < 4.78 is 4.90. The van der Waals surface area contributed by atoms with Crippen LogP contribution < -0.4 is 0 Å². The summed E-state index contributed by atoms with van der Waals surface area (Å²) in [5, 5.41) is 0. The highest BCUT2D eigenvalue weighted by Gasteiger charge is 1.70. The van der Waals surface area contributed by atoms with Gasteiger partial charge in [0.15, 0.2) is 0 Å². The molecule has 0 amide bonds. The van der Waals surface area contributed by atoms with Gasteiger partial charge in [-0.15, -0.1) is 13.2 Å². The molecule has 5 heteroatoms. The molecule has 0 saturated heterocycles. The maximum absolute atomic E-state index is 4.90. The first-order chi connectivity index (χ1) is 3.41. The second kappa shape index (κ2) is 34.7. The largest absolute Gasteiger partial charge is 0.373 e. The van der Waals surface area contributed by atoms with Crippen molar-refractivity contribution in [2.75, 3.05) is 13.2 Å². The van der Waals surface area contributed by atoms with Crippen molar-refractivity contribution in [3.8, 4) is 0 Å². The van der Waals surface area contributed by atoms with Crippen molar-refractivity contribution in [1.82, 2.24) is 0 Å². The Labute approximate surface area is 66.8 Å². The Morgan fingerprint density at radius 2 is 1.18 bits per heavy atom. The van der Waals surface area contributed by atoms with E-state index >= 15 is 0 Å². The van der Waals surface area contributed by atoms with Crippen LogP contribution in [-0.4, -0.2) is 21.6 Å². The molecular weight excluding hydrogens is 156 g/mol. The molecule has 0 saturated carbocycles. The van der Waals surface area contributed by atoms with Crippen LogP contribution in [0.3, 0.4) is 0 Å². The van der Waals surface area contributed by atoms with E-state index in [-0.39, 0.29) is 22.5 Å². The minimum absolute atomic E-state index is 0. The molecule has 0 spiro atoms. The van der Waals surface area contributed by atoms with Crippen molar-refractivity contribution < 1.29 is 18.9 Å². The normalized spacial score (nSPS) is 5.09. The quantitative estimate of drug-likeness (QED) is 0.351. The van der Waals surface area contributed by atoms with E-state index in [0.29, 0.717) is 13.2 Å². The highest BCUT2D eigenvalue weighted by molar-refractivity contribution is 5.75. The summed E-state index contributed by atoms with van der Waals surface area (Å²) in [5.74, 6) is 0. The van der Waals surface area contributed by atoms with Crippen molar-refractivity contribution in [1.29, 1.82) is 0 Å². The lowest BCUT2D eigenvalue weighted by atomic mass is 10.6. The maximum atomic E-state index is 4.90. The molecule has 0 rings (SSSR count). The zero-order chi connectivity index (χ0) is 5.54. The Morgan fingerprint density at radius 1 is 0.909 bits per heavy atom. The molecule has 3 radical (unpaired) electrons. The molecule has 0 aliphatic rings. The lowest BCUT2D eigenvalue weighted by molar-refractivity contribution is 0.194. The van der Waals surface area contributed by atoms with E-state index in [1.165, 1.54) is 0 Å². The molecule has 0 aromatic rings. The Kier molecular flexibility index (Phi) is 100.0. The van der Waals surface area contributed by atoms with Crippen molar-refractivity contribution in [2.45, 2.75) is 0 Å². The lowest BCUT2D eigenvalue weighted by Gasteiger charge is -1.89. The molecule has 0 N–H and O–H groups in total. The van der Waals surface area contributed by atoms with Gasteiger partial charge in [-0.25, -0.2) is 0 Å². The summed E-state index contributed by atoms with van der Waals surface area (Å²) in [6, 6.07) is 0. The van der Waals surface area contributed by atoms with Crippen LogP contribution >= 0.6 is 0 Å². The third-order valence-electron chi connectivity index (χ3n) is 0.471. The second-order valence-corrected chi connectivity index (χ2v) is 1.11. The van der Waals surface area contributed by atoms with E-state index in [2.05, 4.69) is 13.2 Å². The minimum atomic E-state index is 0. The van der Waals surface area contributed by atoms with Crippen molar-refractivity contribution in [2.24, 2.45) is 0 Å². The van der Waals surface area contributed by atoms with Gasteiger partial charge in [0.25, 0.3) is 0 Å². The molecule has 0 aromatic heterocycles. The molecule has 0 bridgehead atoms. The fourth-order valence-electron chi connectivity index (χ4n) is 0.235. The molecule has 0 unspecified atom stereocenters. The molecule has 0 aliphatic heterocycles. The Bertz CT molecular complexity index is 62.8. The van der Waals surface area contributed by atoms with Crippen LogP contribution in [0.5, 0.6) is 0 Å². The van der Waals surface area contributed by atoms with Gasteiger partial charge in [-0.3, -0.25) is 14.1 Å². The monoisotopic (exact) mass is 169 g/mol. The molecule has 0 atom stereocenters. The van der Waals surface area contributed by atoms with Gasteiger partial charge in [0.2, 0.25) is 0 Å². The molecule has 0 heterocycles. The Balaban J connectivity index is -0.0000000300. The van der Waals surface area contributed by atoms with Gasteiger partial charge in [-0.05, 0) is 0 Å². The van der Waals surface area contributed by atoms with E-state index in [9.17, 15) is 0 Å². The first kappa shape index (κ1) is 31.7. The number of rotatable bonds is 4. The molecule has 67 valence electrons. The van der Waals surface area contributed by atoms with Crippen LogP contribution in [-0.2, 0) is 4.74 Å². The van der Waals surface area contributed by atoms with E-state index in [0.717, 1.165) is 0 Å². The predicted octanol–water partition coefficient (Wildman–Crippen LogP) is 1.45. The van der Waals surface area contributed by atoms with Gasteiger partial charge in [0.1, 0.15) is 0 Å². The zero-order valence-electron chi connectivity index (χ0n) is 6.19. The van der Waals surface area contributed by atoms with E-state index < -0.39 is 0 Å². The van der Waals surface area contributed by atoms with Gasteiger partial charge < -0.3 is 4.74 Å². The summed E-state index contributed by atoms with van der Waals surface area (Å²) in [7, 11) is 0. The lowest BCUT2D eigenvalue weighted by Crippen LogP contribution is -1.87. The number of hydrogen-bond acceptors (Lipinski definition) is 1. The minimum Gasteiger partial charge on any atom is -0.373 e. The van der Waals surface area contributed by atoms with Crippen LogP contribution in [0.1, 0.15) is 0 Å². The topological polar surface area (TPSA) is 9.23 Å². The summed E-state index contributed by atoms with van der Waals surface area (Å²) in [4.78, 5) is 0. The zero-order valence-corrected chi connectivity index (χ0v) is 6.19. The summed E-state index contributed by atoms with van der Waals surface area (Å²) in [5.41, 5.74) is 0. The van der Waals surface area contributed by atoms with Crippen molar-refractivity contribution >= 4 is 8.41 Å². The van der Waals surface area contributed by atoms with Crippen LogP contribution in [0, 0.1) is 0 Å². The van der Waals surface area contributed by atoms with E-state index in [4.69, 9.17) is 4.74 Å². The molecule has 11 heavy (non-hydrogen) atoms. The second-order valence-electron chi connectivity index (χ2n) is 1.11. The highest BCUT2D eigenvalue weighted by Crippen LogP contribution is 1.72. The number of ether oxygens (including phenoxy) is 1. The van der Waals surface area contributed by atoms with E-state index in [1.54, 1.807) is 12.2 Å². The average molecular weight is 169 g/mol. The number of halogens is 3. The summed E-state index contributed by atoms with van der Waals surface area (Å²) in [6.07, 6.45) is 3.42. The fraction of sp³-hybridized carbons (Fsp3) is 0.333. The SMILES string of the molecule is C=CCOCC=C.F.F.F.[B]. The van der Waals surface area contributed by atoms with Crippen molar-refractivity contribution in [3.05, 3.63) is 25.3 Å². The van der Waals surface area contributed by atoms with Gasteiger partial charge in [0, 0.05) is 8.41 Å². The molecule has 0 fully saturated rings. The third-order valence-corrected chi connectivity index (χ3v) is 0.471. The first-order valence-corrected chi connectivity index (χ1v) is 2.21. The average Bonchev–Trinajstić information content (AvgIpc) is 1.69.